The Morgan fingerprint density at radius 2 is 1.94 bits per heavy atom. The number of hydrogen-bond acceptors (Lipinski definition) is 6. The number of para-hydroxylation sites is 2. The number of carbonyl (C=O) groups excluding carboxylic acids is 2. The van der Waals surface area contributed by atoms with Crippen molar-refractivity contribution in [3.05, 3.63) is 88.7 Å². The van der Waals surface area contributed by atoms with E-state index in [0.717, 1.165) is 0 Å². The molecule has 0 saturated carbocycles. The van der Waals surface area contributed by atoms with Crippen LogP contribution in [0.25, 0.3) is 5.76 Å². The second-order valence-electron chi connectivity index (χ2n) is 7.20. The molecule has 0 radical (unpaired) electrons. The lowest BCUT2D eigenvalue weighted by Gasteiger charge is -2.26. The van der Waals surface area contributed by atoms with Gasteiger partial charge in [-0.25, -0.2) is 0 Å². The number of ketones is 1. The molecule has 1 aromatic heterocycles. The lowest BCUT2D eigenvalue weighted by atomic mass is 9.96. The maximum Gasteiger partial charge on any atom is 0.300 e. The number of hydrogen-bond donors (Lipinski definition) is 1. The van der Waals surface area contributed by atoms with Crippen molar-refractivity contribution in [1.82, 2.24) is 4.98 Å². The van der Waals surface area contributed by atoms with E-state index in [2.05, 4.69) is 4.98 Å². The lowest BCUT2D eigenvalue weighted by molar-refractivity contribution is -0.132. The fraction of sp³-hybridized carbons (Fsp3) is 0.160. The van der Waals surface area contributed by atoms with Crippen LogP contribution in [0.2, 0.25) is 5.02 Å². The average Bonchev–Trinajstić information content (AvgIpc) is 3.11. The second kappa shape index (κ2) is 9.34. The van der Waals surface area contributed by atoms with Crippen molar-refractivity contribution >= 4 is 34.7 Å². The highest BCUT2D eigenvalue weighted by Crippen LogP contribution is 2.45. The molecule has 33 heavy (non-hydrogen) atoms. The van der Waals surface area contributed by atoms with E-state index in [0.29, 0.717) is 29.4 Å². The molecule has 1 fully saturated rings. The summed E-state index contributed by atoms with van der Waals surface area (Å²) in [6.07, 6.45) is 3.13. The lowest BCUT2D eigenvalue weighted by Crippen LogP contribution is -2.29. The summed E-state index contributed by atoms with van der Waals surface area (Å²) in [6, 6.07) is 14.1. The van der Waals surface area contributed by atoms with Crippen molar-refractivity contribution in [3.8, 4) is 11.5 Å². The van der Waals surface area contributed by atoms with Crippen LogP contribution in [0.15, 0.2) is 72.6 Å². The predicted octanol–water partition coefficient (Wildman–Crippen LogP) is 4.77. The standard InChI is InChI=1S/C25H21ClN2O5/c1-3-33-16-10-11-18(26)17(13-16)23(29)21-22(15-7-6-12-27-14-15)28(25(31)24(21)30)19-8-4-5-9-20(19)32-2/h4-14,22,29H,3H2,1-2H3/b23-21+. The molecule has 4 rings (SSSR count). The van der Waals surface area contributed by atoms with E-state index >= 15 is 0 Å². The molecule has 168 valence electrons. The molecule has 0 spiro atoms. The number of aromatic nitrogens is 1. The number of methoxy groups -OCH3 is 1. The number of pyridine rings is 1. The summed E-state index contributed by atoms with van der Waals surface area (Å²) in [7, 11) is 1.48. The van der Waals surface area contributed by atoms with Crippen molar-refractivity contribution in [3.63, 3.8) is 0 Å². The fourth-order valence-corrected chi connectivity index (χ4v) is 4.06. The molecule has 1 amide bonds. The highest BCUT2D eigenvalue weighted by atomic mass is 35.5. The van der Waals surface area contributed by atoms with Gasteiger partial charge in [-0.1, -0.05) is 29.8 Å². The van der Waals surface area contributed by atoms with Gasteiger partial charge in [0.05, 0.1) is 36.0 Å². The monoisotopic (exact) mass is 464 g/mol. The summed E-state index contributed by atoms with van der Waals surface area (Å²) >= 11 is 6.36. The summed E-state index contributed by atoms with van der Waals surface area (Å²) in [6.45, 7) is 2.24. The quantitative estimate of drug-likeness (QED) is 0.321. The van der Waals surface area contributed by atoms with Crippen LogP contribution in [0, 0.1) is 0 Å². The predicted molar refractivity (Wildman–Crippen MR) is 125 cm³/mol. The van der Waals surface area contributed by atoms with E-state index in [-0.39, 0.29) is 16.2 Å². The van der Waals surface area contributed by atoms with Gasteiger partial charge < -0.3 is 14.6 Å². The largest absolute Gasteiger partial charge is 0.507 e. The Kier molecular flexibility index (Phi) is 6.33. The van der Waals surface area contributed by atoms with Crippen LogP contribution in [-0.4, -0.2) is 35.5 Å². The van der Waals surface area contributed by atoms with Crippen molar-refractivity contribution in [2.75, 3.05) is 18.6 Å². The molecule has 1 aliphatic heterocycles. The molecule has 7 nitrogen and oxygen atoms in total. The van der Waals surface area contributed by atoms with Gasteiger partial charge in [-0.15, -0.1) is 0 Å². The maximum atomic E-state index is 13.3. The number of ether oxygens (including phenoxy) is 2. The molecule has 3 aromatic rings. The van der Waals surface area contributed by atoms with Gasteiger partial charge in [0.25, 0.3) is 11.7 Å². The van der Waals surface area contributed by atoms with Crippen molar-refractivity contribution in [2.45, 2.75) is 13.0 Å². The zero-order valence-corrected chi connectivity index (χ0v) is 18.7. The molecule has 1 unspecified atom stereocenters. The van der Waals surface area contributed by atoms with Gasteiger partial charge in [0.2, 0.25) is 0 Å². The number of anilines is 1. The van der Waals surface area contributed by atoms with Crippen molar-refractivity contribution in [1.29, 1.82) is 0 Å². The van der Waals surface area contributed by atoms with Crippen LogP contribution < -0.4 is 14.4 Å². The van der Waals surface area contributed by atoms with Crippen LogP contribution in [0.3, 0.4) is 0 Å². The Morgan fingerprint density at radius 1 is 1.15 bits per heavy atom. The molecule has 2 heterocycles. The Bertz CT molecular complexity index is 1240. The van der Waals surface area contributed by atoms with Gasteiger partial charge in [0, 0.05) is 18.0 Å². The fourth-order valence-electron chi connectivity index (χ4n) is 3.85. The normalized spacial score (nSPS) is 17.3. The molecule has 8 heteroatoms. The Labute approximate surface area is 195 Å². The molecule has 1 aliphatic rings. The number of benzene rings is 2. The van der Waals surface area contributed by atoms with Crippen LogP contribution in [0.5, 0.6) is 11.5 Å². The minimum Gasteiger partial charge on any atom is -0.507 e. The third-order valence-electron chi connectivity index (χ3n) is 5.29. The Morgan fingerprint density at radius 3 is 2.64 bits per heavy atom. The summed E-state index contributed by atoms with van der Waals surface area (Å²) in [5, 5.41) is 11.5. The molecule has 1 atom stereocenters. The minimum atomic E-state index is -0.943. The molecular formula is C25H21ClN2O5. The molecular weight excluding hydrogens is 444 g/mol. The third kappa shape index (κ3) is 4.03. The second-order valence-corrected chi connectivity index (χ2v) is 7.61. The van der Waals surface area contributed by atoms with E-state index in [4.69, 9.17) is 21.1 Å². The smallest absolute Gasteiger partial charge is 0.300 e. The molecule has 0 bridgehead atoms. The third-order valence-corrected chi connectivity index (χ3v) is 5.62. The van der Waals surface area contributed by atoms with Crippen LogP contribution in [0.1, 0.15) is 24.1 Å². The van der Waals surface area contributed by atoms with Gasteiger partial charge in [-0.3, -0.25) is 19.5 Å². The highest BCUT2D eigenvalue weighted by molar-refractivity contribution is 6.52. The number of halogens is 1. The Balaban J connectivity index is 1.97. The zero-order chi connectivity index (χ0) is 23.5. The van der Waals surface area contributed by atoms with Crippen LogP contribution in [-0.2, 0) is 9.59 Å². The van der Waals surface area contributed by atoms with Gasteiger partial charge in [0.15, 0.2) is 0 Å². The van der Waals surface area contributed by atoms with E-state index in [1.807, 2.05) is 6.92 Å². The van der Waals surface area contributed by atoms with E-state index in [1.165, 1.54) is 18.1 Å². The molecule has 0 aliphatic carbocycles. The zero-order valence-electron chi connectivity index (χ0n) is 18.0. The van der Waals surface area contributed by atoms with Gasteiger partial charge >= 0.3 is 0 Å². The van der Waals surface area contributed by atoms with E-state index in [9.17, 15) is 14.7 Å². The number of rotatable bonds is 6. The number of carbonyl (C=O) groups is 2. The van der Waals surface area contributed by atoms with Crippen molar-refractivity contribution < 1.29 is 24.2 Å². The Hall–Kier alpha value is -3.84. The highest BCUT2D eigenvalue weighted by Gasteiger charge is 2.48. The summed E-state index contributed by atoms with van der Waals surface area (Å²) in [4.78, 5) is 32.0. The summed E-state index contributed by atoms with van der Waals surface area (Å²) < 4.78 is 10.9. The van der Waals surface area contributed by atoms with Gasteiger partial charge in [-0.05, 0) is 48.9 Å². The maximum absolute atomic E-state index is 13.3. The van der Waals surface area contributed by atoms with Crippen molar-refractivity contribution in [2.24, 2.45) is 0 Å². The minimum absolute atomic E-state index is 0.102. The first-order chi connectivity index (χ1) is 16.0. The van der Waals surface area contributed by atoms with E-state index < -0.39 is 23.5 Å². The number of Topliss-reactive ketones (excluding diaryl/α,β-unsaturated/α-hetero) is 1. The summed E-state index contributed by atoms with van der Waals surface area (Å²) in [5.74, 6) is -1.16. The number of aliphatic hydroxyl groups excluding tert-OH is 1. The number of amides is 1. The average molecular weight is 465 g/mol. The SMILES string of the molecule is CCOc1ccc(Cl)c(/C(O)=C2\C(=O)C(=O)N(c3ccccc3OC)C2c2cccnc2)c1. The van der Waals surface area contributed by atoms with Crippen LogP contribution >= 0.6 is 11.6 Å². The summed E-state index contributed by atoms with van der Waals surface area (Å²) in [5.41, 5.74) is 1.02. The first-order valence-electron chi connectivity index (χ1n) is 10.2. The van der Waals surface area contributed by atoms with Crippen LogP contribution in [0.4, 0.5) is 5.69 Å². The molecule has 1 saturated heterocycles. The van der Waals surface area contributed by atoms with Gasteiger partial charge in [0.1, 0.15) is 17.3 Å². The first kappa shape index (κ1) is 22.4. The number of nitrogens with zero attached hydrogens (tertiary/aromatic N) is 2. The van der Waals surface area contributed by atoms with Gasteiger partial charge in [-0.2, -0.15) is 0 Å². The topological polar surface area (TPSA) is 89.0 Å². The molecule has 2 aromatic carbocycles. The first-order valence-corrected chi connectivity index (χ1v) is 10.6. The van der Waals surface area contributed by atoms with E-state index in [1.54, 1.807) is 60.9 Å². The molecule has 1 N–H and O–H groups in total. The number of aliphatic hydroxyl groups is 1.